The highest BCUT2D eigenvalue weighted by Crippen LogP contribution is 2.31. The van der Waals surface area contributed by atoms with Crippen LogP contribution in [0.25, 0.3) is 10.6 Å². The maximum Gasteiger partial charge on any atom is 0.271 e. The van der Waals surface area contributed by atoms with E-state index in [1.165, 1.54) is 23.3 Å². The van der Waals surface area contributed by atoms with Gasteiger partial charge in [0.25, 0.3) is 10.0 Å². The molecule has 5 nitrogen and oxygen atoms in total. The number of rotatable bonds is 7. The average Bonchev–Trinajstić information content (AvgIpc) is 3.40. The van der Waals surface area contributed by atoms with Crippen LogP contribution in [0.1, 0.15) is 31.2 Å². The number of sulfonamides is 1. The van der Waals surface area contributed by atoms with Crippen LogP contribution < -0.4 is 4.72 Å². The molecule has 1 aliphatic heterocycles. The molecular weight excluding hydrogens is 402 g/mol. The van der Waals surface area contributed by atoms with E-state index in [0.29, 0.717) is 11.6 Å². The summed E-state index contributed by atoms with van der Waals surface area (Å²) in [6.45, 7) is 5.59. The lowest BCUT2D eigenvalue weighted by Crippen LogP contribution is -2.20. The fourth-order valence-corrected chi connectivity index (χ4v) is 6.11. The van der Waals surface area contributed by atoms with Crippen molar-refractivity contribution in [3.8, 4) is 10.6 Å². The van der Waals surface area contributed by atoms with E-state index >= 15 is 0 Å². The van der Waals surface area contributed by atoms with Gasteiger partial charge in [0.05, 0.1) is 10.6 Å². The first-order chi connectivity index (χ1) is 14.0. The molecule has 1 aromatic carbocycles. The fourth-order valence-electron chi connectivity index (χ4n) is 3.76. The van der Waals surface area contributed by atoms with Crippen molar-refractivity contribution in [2.75, 3.05) is 24.4 Å². The normalized spacial score (nSPS) is 17.5. The lowest BCUT2D eigenvalue weighted by atomic mass is 9.98. The molecule has 3 aromatic rings. The van der Waals surface area contributed by atoms with Gasteiger partial charge in [0.2, 0.25) is 0 Å². The molecule has 1 atom stereocenters. The zero-order valence-electron chi connectivity index (χ0n) is 16.4. The van der Waals surface area contributed by atoms with Crippen molar-refractivity contribution < 1.29 is 8.42 Å². The minimum absolute atomic E-state index is 0.285. The third-order valence-electron chi connectivity index (χ3n) is 5.21. The molecule has 0 unspecified atom stereocenters. The first-order valence-corrected chi connectivity index (χ1v) is 12.2. The van der Waals surface area contributed by atoms with Crippen LogP contribution in [0.5, 0.6) is 0 Å². The van der Waals surface area contributed by atoms with E-state index in [1.54, 1.807) is 18.3 Å². The summed E-state index contributed by atoms with van der Waals surface area (Å²) < 4.78 is 28.5. The Kier molecular flexibility index (Phi) is 5.99. The molecule has 29 heavy (non-hydrogen) atoms. The van der Waals surface area contributed by atoms with Gasteiger partial charge in [-0.1, -0.05) is 25.1 Å². The van der Waals surface area contributed by atoms with E-state index in [4.69, 9.17) is 0 Å². The average molecular weight is 428 g/mol. The molecule has 1 aliphatic rings. The summed E-state index contributed by atoms with van der Waals surface area (Å²) in [5.41, 5.74) is 2.64. The number of aromatic nitrogens is 1. The number of nitrogens with one attached hydrogen (secondary N) is 1. The quantitative estimate of drug-likeness (QED) is 0.588. The van der Waals surface area contributed by atoms with Gasteiger partial charge in [-0.25, -0.2) is 8.42 Å². The minimum atomic E-state index is -3.62. The fraction of sp³-hybridized carbons (Fsp3) is 0.318. The molecule has 0 aliphatic carbocycles. The molecule has 3 heterocycles. The number of benzene rings is 1. The van der Waals surface area contributed by atoms with Gasteiger partial charge in [-0.15, -0.1) is 11.3 Å². The maximum atomic E-state index is 12.8. The highest BCUT2D eigenvalue weighted by atomic mass is 32.2. The molecule has 1 N–H and O–H groups in total. The number of pyridine rings is 1. The summed E-state index contributed by atoms with van der Waals surface area (Å²) in [6, 6.07) is 16.9. The van der Waals surface area contributed by atoms with Crippen LogP contribution >= 0.6 is 11.3 Å². The summed E-state index contributed by atoms with van der Waals surface area (Å²) in [4.78, 5) is 7.61. The van der Waals surface area contributed by atoms with Crippen LogP contribution in [0.3, 0.4) is 0 Å². The largest absolute Gasteiger partial charge is 0.303 e. The number of hydrogen-bond donors (Lipinski definition) is 1. The second-order valence-corrected chi connectivity index (χ2v) is 10.3. The Morgan fingerprint density at radius 1 is 1.14 bits per heavy atom. The molecule has 152 valence electrons. The van der Waals surface area contributed by atoms with Crippen molar-refractivity contribution in [3.63, 3.8) is 0 Å². The van der Waals surface area contributed by atoms with Gasteiger partial charge in [0.1, 0.15) is 4.21 Å². The number of hydrogen-bond acceptors (Lipinski definition) is 5. The van der Waals surface area contributed by atoms with E-state index < -0.39 is 10.0 Å². The summed E-state index contributed by atoms with van der Waals surface area (Å²) in [5, 5.41) is 0. The van der Waals surface area contributed by atoms with E-state index in [0.717, 1.165) is 36.6 Å². The molecule has 0 bridgehead atoms. The maximum absolute atomic E-state index is 12.8. The lowest BCUT2D eigenvalue weighted by molar-refractivity contribution is 0.335. The first-order valence-electron chi connectivity index (χ1n) is 9.91. The van der Waals surface area contributed by atoms with E-state index in [2.05, 4.69) is 21.5 Å². The second-order valence-electron chi connectivity index (χ2n) is 7.35. The monoisotopic (exact) mass is 427 g/mol. The van der Waals surface area contributed by atoms with Gasteiger partial charge < -0.3 is 4.90 Å². The van der Waals surface area contributed by atoms with Gasteiger partial charge >= 0.3 is 0 Å². The topological polar surface area (TPSA) is 62.3 Å². The third kappa shape index (κ3) is 4.69. The van der Waals surface area contributed by atoms with Crippen molar-refractivity contribution in [2.45, 2.75) is 29.9 Å². The molecule has 0 amide bonds. The van der Waals surface area contributed by atoms with Gasteiger partial charge in [-0.2, -0.15) is 0 Å². The zero-order chi connectivity index (χ0) is 20.3. The predicted octanol–water partition coefficient (Wildman–Crippen LogP) is 4.81. The highest BCUT2D eigenvalue weighted by molar-refractivity contribution is 7.94. The second kappa shape index (κ2) is 8.65. The van der Waals surface area contributed by atoms with Crippen LogP contribution in [0.15, 0.2) is 65.0 Å². The highest BCUT2D eigenvalue weighted by Gasteiger charge is 2.23. The van der Waals surface area contributed by atoms with Crippen molar-refractivity contribution in [3.05, 3.63) is 66.4 Å². The first kappa shape index (κ1) is 20.1. The van der Waals surface area contributed by atoms with Crippen LogP contribution in [0.2, 0.25) is 0 Å². The molecule has 0 spiro atoms. The van der Waals surface area contributed by atoms with Crippen LogP contribution in [0.4, 0.5) is 5.69 Å². The molecule has 1 saturated heterocycles. The van der Waals surface area contributed by atoms with E-state index in [1.807, 2.05) is 42.5 Å². The summed E-state index contributed by atoms with van der Waals surface area (Å²) in [6.07, 6.45) is 4.05. The van der Waals surface area contributed by atoms with Gasteiger partial charge in [0.15, 0.2) is 0 Å². The number of thiophene rings is 1. The van der Waals surface area contributed by atoms with Crippen molar-refractivity contribution in [2.24, 2.45) is 0 Å². The van der Waals surface area contributed by atoms with Crippen molar-refractivity contribution in [1.29, 1.82) is 0 Å². The minimum Gasteiger partial charge on any atom is -0.303 e. The van der Waals surface area contributed by atoms with Gasteiger partial charge in [-0.3, -0.25) is 9.71 Å². The van der Waals surface area contributed by atoms with E-state index in [-0.39, 0.29) is 4.21 Å². The number of nitrogens with zero attached hydrogens (tertiary/aromatic N) is 2. The summed E-state index contributed by atoms with van der Waals surface area (Å²) >= 11 is 1.22. The Morgan fingerprint density at radius 2 is 1.97 bits per heavy atom. The number of anilines is 1. The number of likely N-dealkylation sites (tertiary alicyclic amines) is 1. The van der Waals surface area contributed by atoms with E-state index in [9.17, 15) is 8.42 Å². The smallest absolute Gasteiger partial charge is 0.271 e. The van der Waals surface area contributed by atoms with Crippen molar-refractivity contribution in [1.82, 2.24) is 9.88 Å². The summed E-state index contributed by atoms with van der Waals surface area (Å²) in [7, 11) is -3.62. The third-order valence-corrected chi connectivity index (χ3v) is 8.19. The van der Waals surface area contributed by atoms with Crippen LogP contribution in [0, 0.1) is 0 Å². The Morgan fingerprint density at radius 3 is 2.69 bits per heavy atom. The molecule has 4 rings (SSSR count). The molecule has 0 saturated carbocycles. The predicted molar refractivity (Wildman–Crippen MR) is 119 cm³/mol. The lowest BCUT2D eigenvalue weighted by Gasteiger charge is -2.15. The zero-order valence-corrected chi connectivity index (χ0v) is 18.0. The van der Waals surface area contributed by atoms with Crippen LogP contribution in [-0.2, 0) is 10.0 Å². The Hall–Kier alpha value is -2.22. The SMILES string of the molecule is CCCN1CC[C@@H](c2ccc(NS(=O)(=O)c3ccc(-c4ccccn4)s3)cc2)C1. The Labute approximate surface area is 176 Å². The van der Waals surface area contributed by atoms with Crippen molar-refractivity contribution >= 4 is 27.0 Å². The van der Waals surface area contributed by atoms with Crippen LogP contribution in [-0.4, -0.2) is 37.9 Å². The molecule has 7 heteroatoms. The summed E-state index contributed by atoms with van der Waals surface area (Å²) in [5.74, 6) is 0.533. The molecule has 1 fully saturated rings. The molecule has 2 aromatic heterocycles. The Balaban J connectivity index is 1.44. The molecular formula is C22H25N3O2S2. The van der Waals surface area contributed by atoms with Gasteiger partial charge in [0, 0.05) is 18.4 Å². The molecule has 0 radical (unpaired) electrons. The Bertz CT molecular complexity index is 1050. The van der Waals surface area contributed by atoms with Gasteiger partial charge in [-0.05, 0) is 73.8 Å². The standard InChI is InChI=1S/C22H25N3O2S2/c1-2-14-25-15-12-18(16-25)17-6-8-19(9-7-17)24-29(26,27)22-11-10-21(28-22)20-5-3-4-13-23-20/h3-11,13,18,24H,2,12,14-16H2,1H3/t18-/m1/s1.